The molecule has 1 unspecified atom stereocenters. The molecule has 13 heteroatoms. The Morgan fingerprint density at radius 2 is 1.70 bits per heavy atom. The maximum atomic E-state index is 14.3. The lowest BCUT2D eigenvalue weighted by atomic mass is 9.80. The average Bonchev–Trinajstić information content (AvgIpc) is 3.66. The number of hydrogen-bond acceptors (Lipinski definition) is 5. The molecule has 3 amide bonds. The molecule has 0 bridgehead atoms. The minimum atomic E-state index is -5.75. The van der Waals surface area contributed by atoms with Gasteiger partial charge in [-0.3, -0.25) is 18.9 Å². The van der Waals surface area contributed by atoms with E-state index in [-0.39, 0.29) is 27.5 Å². The minimum absolute atomic E-state index is 0.0108. The van der Waals surface area contributed by atoms with E-state index in [2.05, 4.69) is 5.32 Å². The molecule has 3 aliphatic rings. The van der Waals surface area contributed by atoms with Gasteiger partial charge in [-0.15, -0.1) is 11.3 Å². The Balaban J connectivity index is 1.32. The summed E-state index contributed by atoms with van der Waals surface area (Å²) in [5.74, 6) is -0.905. The molecule has 2 atom stereocenters. The van der Waals surface area contributed by atoms with E-state index in [1.54, 1.807) is 4.90 Å². The van der Waals surface area contributed by atoms with E-state index < -0.39 is 42.2 Å². The molecule has 1 aromatic heterocycles. The van der Waals surface area contributed by atoms with Crippen molar-refractivity contribution in [1.29, 1.82) is 0 Å². The Hall–Kier alpha value is -2.40. The molecule has 3 fully saturated rings. The molecule has 1 saturated carbocycles. The fourth-order valence-electron chi connectivity index (χ4n) is 7.04. The highest BCUT2D eigenvalue weighted by Crippen LogP contribution is 2.59. The zero-order valence-electron chi connectivity index (χ0n) is 25.5. The summed E-state index contributed by atoms with van der Waals surface area (Å²) in [6, 6.07) is 3.05. The number of carbonyl (C=O) groups excluding carboxylic acids is 3. The van der Waals surface area contributed by atoms with E-state index in [1.807, 2.05) is 25.7 Å². The third-order valence-electron chi connectivity index (χ3n) is 9.58. The van der Waals surface area contributed by atoms with Crippen LogP contribution < -0.4 is 5.32 Å². The summed E-state index contributed by atoms with van der Waals surface area (Å²) < 4.78 is 40.4. The zero-order valence-corrected chi connectivity index (χ0v) is 27.2. The topological polar surface area (TPSA) is 127 Å². The molecule has 2 saturated heterocycles. The fraction of sp³-hybridized carbons (Fsp3) is 0.645. The molecule has 0 radical (unpaired) electrons. The summed E-state index contributed by atoms with van der Waals surface area (Å²) >= 11 is 1.03. The molecule has 1 spiro atoms. The number of likely N-dealkylation sites (tertiary alicyclic amines) is 2. The standard InChI is InChI=1S/C31H42F2N3O6PS/c1-29(2,3)25(34-26(37)24-18-20-17-21(10-11-23(20)44-24)31(32,33)43(40,41)42)28(39)36-15-8-9-22(36)27(38)35-16-14-30(19-35)12-6-4-5-7-13-30/h10-11,17-18,22,25H,4-9,12-16,19H2,1-3H3,(H,34,37)(H2,40,41,42)/t22-,25?/m0/s1. The van der Waals surface area contributed by atoms with Gasteiger partial charge in [0.15, 0.2) is 0 Å². The van der Waals surface area contributed by atoms with E-state index in [9.17, 15) is 27.7 Å². The Labute approximate surface area is 260 Å². The lowest BCUT2D eigenvalue weighted by molar-refractivity contribution is -0.145. The Kier molecular flexibility index (Phi) is 9.05. The van der Waals surface area contributed by atoms with Crippen molar-refractivity contribution >= 4 is 46.7 Å². The largest absolute Gasteiger partial charge is 0.399 e. The van der Waals surface area contributed by atoms with Crippen LogP contribution in [0.3, 0.4) is 0 Å². The fourth-order valence-corrected chi connectivity index (χ4v) is 8.46. The third-order valence-corrected chi connectivity index (χ3v) is 11.7. The molecule has 2 aromatic rings. The van der Waals surface area contributed by atoms with Crippen LogP contribution in [0.15, 0.2) is 24.3 Å². The zero-order chi connectivity index (χ0) is 32.1. The van der Waals surface area contributed by atoms with Gasteiger partial charge < -0.3 is 24.9 Å². The Bertz CT molecular complexity index is 1480. The van der Waals surface area contributed by atoms with E-state index in [0.29, 0.717) is 30.6 Å². The van der Waals surface area contributed by atoms with Crippen LogP contribution in [-0.2, 0) is 19.8 Å². The van der Waals surface area contributed by atoms with Gasteiger partial charge in [-0.05, 0) is 66.5 Å². The first-order valence-corrected chi connectivity index (χ1v) is 17.8. The number of amides is 3. The molecule has 242 valence electrons. The lowest BCUT2D eigenvalue weighted by Gasteiger charge is -2.36. The van der Waals surface area contributed by atoms with Crippen molar-refractivity contribution in [3.8, 4) is 0 Å². The van der Waals surface area contributed by atoms with Gasteiger partial charge in [0.05, 0.1) is 4.88 Å². The van der Waals surface area contributed by atoms with Gasteiger partial charge in [0, 0.05) is 29.9 Å². The van der Waals surface area contributed by atoms with Crippen LogP contribution in [0.2, 0.25) is 0 Å². The van der Waals surface area contributed by atoms with E-state index in [4.69, 9.17) is 9.79 Å². The molecule has 5 rings (SSSR count). The second-order valence-electron chi connectivity index (χ2n) is 13.8. The minimum Gasteiger partial charge on any atom is -0.340 e. The molecule has 2 aliphatic heterocycles. The average molecular weight is 654 g/mol. The van der Waals surface area contributed by atoms with Crippen LogP contribution in [-0.4, -0.2) is 69.0 Å². The molecule has 44 heavy (non-hydrogen) atoms. The number of thiophene rings is 1. The van der Waals surface area contributed by atoms with Crippen molar-refractivity contribution in [3.05, 3.63) is 34.7 Å². The third kappa shape index (κ3) is 6.46. The van der Waals surface area contributed by atoms with Crippen LogP contribution in [0.5, 0.6) is 0 Å². The van der Waals surface area contributed by atoms with E-state index in [1.165, 1.54) is 37.8 Å². The summed E-state index contributed by atoms with van der Waals surface area (Å²) in [5, 5.41) is 3.07. The number of halogens is 2. The predicted molar refractivity (Wildman–Crippen MR) is 165 cm³/mol. The number of fused-ring (bicyclic) bond motifs is 1. The van der Waals surface area contributed by atoms with E-state index in [0.717, 1.165) is 49.3 Å². The number of nitrogens with one attached hydrogen (secondary N) is 1. The number of carbonyl (C=O) groups is 3. The van der Waals surface area contributed by atoms with Crippen molar-refractivity contribution in [2.24, 2.45) is 10.8 Å². The van der Waals surface area contributed by atoms with Crippen LogP contribution in [0.1, 0.15) is 93.8 Å². The highest BCUT2D eigenvalue weighted by Gasteiger charge is 2.50. The Morgan fingerprint density at radius 3 is 2.34 bits per heavy atom. The van der Waals surface area contributed by atoms with Gasteiger partial charge in [-0.1, -0.05) is 52.5 Å². The normalized spacial score (nSPS) is 21.9. The Morgan fingerprint density at radius 1 is 1.02 bits per heavy atom. The van der Waals surface area contributed by atoms with Gasteiger partial charge >= 0.3 is 13.3 Å². The molecule has 1 aromatic carbocycles. The van der Waals surface area contributed by atoms with Crippen molar-refractivity contribution in [2.75, 3.05) is 19.6 Å². The second kappa shape index (κ2) is 12.1. The monoisotopic (exact) mass is 653 g/mol. The molecule has 3 heterocycles. The van der Waals surface area contributed by atoms with Crippen LogP contribution >= 0.6 is 18.9 Å². The first-order valence-electron chi connectivity index (χ1n) is 15.4. The SMILES string of the molecule is CC(C)(C)C(NC(=O)c1cc2cc(C(F)(F)P(=O)(O)O)ccc2s1)C(=O)N1CCC[C@H]1C(=O)N1CCC2(CCCCCC2)C1. The van der Waals surface area contributed by atoms with Crippen LogP contribution in [0.25, 0.3) is 10.1 Å². The van der Waals surface area contributed by atoms with Crippen molar-refractivity contribution in [3.63, 3.8) is 0 Å². The van der Waals surface area contributed by atoms with Crippen molar-refractivity contribution < 1.29 is 37.5 Å². The maximum absolute atomic E-state index is 14.3. The molecule has 1 aliphatic carbocycles. The molecular weight excluding hydrogens is 611 g/mol. The van der Waals surface area contributed by atoms with Crippen molar-refractivity contribution in [2.45, 2.75) is 96.3 Å². The number of rotatable bonds is 6. The van der Waals surface area contributed by atoms with Gasteiger partial charge in [0.1, 0.15) is 12.1 Å². The lowest BCUT2D eigenvalue weighted by Crippen LogP contribution is -2.57. The molecule has 9 nitrogen and oxygen atoms in total. The number of alkyl halides is 2. The van der Waals surface area contributed by atoms with Gasteiger partial charge in [0.2, 0.25) is 11.8 Å². The highest BCUT2D eigenvalue weighted by atomic mass is 32.1. The van der Waals surface area contributed by atoms with Gasteiger partial charge in [-0.25, -0.2) is 0 Å². The summed E-state index contributed by atoms with van der Waals surface area (Å²) in [4.78, 5) is 63.2. The van der Waals surface area contributed by atoms with Crippen LogP contribution in [0, 0.1) is 10.8 Å². The van der Waals surface area contributed by atoms with Crippen molar-refractivity contribution in [1.82, 2.24) is 15.1 Å². The summed E-state index contributed by atoms with van der Waals surface area (Å²) in [7, 11) is -5.75. The quantitative estimate of drug-likeness (QED) is 0.337. The first-order chi connectivity index (χ1) is 20.5. The molecule has 3 N–H and O–H groups in total. The predicted octanol–water partition coefficient (Wildman–Crippen LogP) is 5.84. The van der Waals surface area contributed by atoms with E-state index >= 15 is 0 Å². The number of nitrogens with zero attached hydrogens (tertiary/aromatic N) is 2. The smallest absolute Gasteiger partial charge is 0.340 e. The number of hydrogen-bond donors (Lipinski definition) is 3. The number of benzene rings is 1. The first kappa shape index (κ1) is 33.0. The molecular formula is C31H42F2N3O6PS. The summed E-state index contributed by atoms with van der Waals surface area (Å²) in [6.45, 7) is 7.39. The maximum Gasteiger partial charge on any atom is 0.399 e. The highest BCUT2D eigenvalue weighted by molar-refractivity contribution is 7.52. The second-order valence-corrected chi connectivity index (χ2v) is 16.6. The van der Waals surface area contributed by atoms with Crippen LogP contribution in [0.4, 0.5) is 8.78 Å². The summed E-state index contributed by atoms with van der Waals surface area (Å²) in [5.41, 5.74) is -5.72. The van der Waals surface area contributed by atoms with Gasteiger partial charge in [0.25, 0.3) is 5.91 Å². The summed E-state index contributed by atoms with van der Waals surface area (Å²) in [6.07, 6.45) is 9.47. The van der Waals surface area contributed by atoms with Gasteiger partial charge in [-0.2, -0.15) is 8.78 Å².